The van der Waals surface area contributed by atoms with Gasteiger partial charge < -0.3 is 15.5 Å². The average Bonchev–Trinajstić information content (AvgIpc) is 3.18. The Morgan fingerprint density at radius 3 is 2.42 bits per heavy atom. The number of nitrogens with one attached hydrogen (secondary N) is 2. The molecule has 0 aliphatic heterocycles. The third kappa shape index (κ3) is 5.52. The van der Waals surface area contributed by atoms with Crippen LogP contribution in [-0.2, 0) is 6.42 Å². The first-order chi connectivity index (χ1) is 14.9. The van der Waals surface area contributed by atoms with Crippen molar-refractivity contribution in [1.29, 1.82) is 0 Å². The number of para-hydroxylation sites is 1. The lowest BCUT2D eigenvalue weighted by Gasteiger charge is -2.10. The number of hydrogen-bond donors (Lipinski definition) is 2. The van der Waals surface area contributed by atoms with Gasteiger partial charge in [-0.1, -0.05) is 19.1 Å². The summed E-state index contributed by atoms with van der Waals surface area (Å²) in [5.74, 6) is -0.746. The molecule has 0 atom stereocenters. The monoisotopic (exact) mass is 424 g/mol. The zero-order valence-electron chi connectivity index (χ0n) is 17.7. The van der Waals surface area contributed by atoms with Crippen molar-refractivity contribution in [3.05, 3.63) is 71.6 Å². The van der Waals surface area contributed by atoms with Crippen LogP contribution in [0.15, 0.2) is 48.5 Å². The Hall–Kier alpha value is -3.59. The number of hydrogen-bond acceptors (Lipinski definition) is 5. The van der Waals surface area contributed by atoms with Gasteiger partial charge in [0, 0.05) is 30.8 Å². The molecule has 0 saturated heterocycles. The Balaban J connectivity index is 1.69. The summed E-state index contributed by atoms with van der Waals surface area (Å²) in [6.45, 7) is 3.14. The third-order valence-corrected chi connectivity index (χ3v) is 4.52. The van der Waals surface area contributed by atoms with E-state index in [0.717, 1.165) is 6.54 Å². The summed E-state index contributed by atoms with van der Waals surface area (Å²) in [4.78, 5) is 31.0. The Kier molecular flexibility index (Phi) is 7.09. The summed E-state index contributed by atoms with van der Waals surface area (Å²) in [6, 6.07) is 12.7. The molecule has 2 N–H and O–H groups in total. The van der Waals surface area contributed by atoms with E-state index in [1.807, 2.05) is 25.9 Å². The van der Waals surface area contributed by atoms with E-state index in [0.29, 0.717) is 30.0 Å². The number of nitrogens with zero attached hydrogens (tertiary/aromatic N) is 4. The molecule has 1 aromatic heterocycles. The van der Waals surface area contributed by atoms with Crippen LogP contribution in [0.5, 0.6) is 0 Å². The van der Waals surface area contributed by atoms with Crippen molar-refractivity contribution in [3.63, 3.8) is 0 Å². The zero-order chi connectivity index (χ0) is 22.4. The van der Waals surface area contributed by atoms with Gasteiger partial charge in [0.1, 0.15) is 17.3 Å². The van der Waals surface area contributed by atoms with Crippen LogP contribution in [0.25, 0.3) is 5.69 Å². The van der Waals surface area contributed by atoms with E-state index in [9.17, 15) is 14.0 Å². The number of carbonyl (C=O) groups excluding carboxylic acids is 2. The number of aromatic nitrogens is 3. The molecule has 0 aliphatic rings. The van der Waals surface area contributed by atoms with Gasteiger partial charge in [-0.15, -0.1) is 5.10 Å². The lowest BCUT2D eigenvalue weighted by molar-refractivity contribution is 0.0950. The maximum atomic E-state index is 14.1. The van der Waals surface area contributed by atoms with E-state index < -0.39 is 11.7 Å². The highest BCUT2D eigenvalue weighted by Gasteiger charge is 2.18. The van der Waals surface area contributed by atoms with Gasteiger partial charge in [-0.05, 0) is 50.5 Å². The van der Waals surface area contributed by atoms with E-state index in [-0.39, 0.29) is 17.4 Å². The van der Waals surface area contributed by atoms with Gasteiger partial charge in [-0.3, -0.25) is 9.59 Å². The van der Waals surface area contributed by atoms with Crippen LogP contribution >= 0.6 is 0 Å². The Bertz CT molecular complexity index is 1060. The second kappa shape index (κ2) is 9.94. The van der Waals surface area contributed by atoms with Gasteiger partial charge in [-0.25, -0.2) is 14.1 Å². The Labute approximate surface area is 180 Å². The van der Waals surface area contributed by atoms with Crippen LogP contribution in [0.4, 0.5) is 10.1 Å². The van der Waals surface area contributed by atoms with Crippen molar-refractivity contribution in [2.45, 2.75) is 13.3 Å². The molecule has 0 spiro atoms. The Morgan fingerprint density at radius 1 is 1.06 bits per heavy atom. The number of rotatable bonds is 8. The number of amides is 2. The standard InChI is InChI=1S/C22H25FN6O2/c1-4-19-26-20(27-29(19)18-8-6-5-7-17(18)23)22(31)25-16-11-9-15(10-12-16)21(30)24-13-14-28(2)3/h5-12H,4,13-14H2,1-3H3,(H,24,30)(H,25,31). The van der Waals surface area contributed by atoms with Crippen LogP contribution in [0.1, 0.15) is 33.7 Å². The van der Waals surface area contributed by atoms with E-state index in [1.54, 1.807) is 42.5 Å². The second-order valence-corrected chi connectivity index (χ2v) is 7.16. The molecule has 2 aromatic carbocycles. The van der Waals surface area contributed by atoms with Crippen LogP contribution in [-0.4, -0.2) is 58.7 Å². The molecule has 0 bridgehead atoms. The molecule has 0 fully saturated rings. The summed E-state index contributed by atoms with van der Waals surface area (Å²) in [5.41, 5.74) is 1.22. The molecule has 0 aliphatic carbocycles. The van der Waals surface area contributed by atoms with Crippen molar-refractivity contribution in [2.75, 3.05) is 32.5 Å². The first kappa shape index (κ1) is 22.1. The molecule has 162 valence electrons. The fourth-order valence-corrected chi connectivity index (χ4v) is 2.87. The molecule has 8 nitrogen and oxygen atoms in total. The molecular formula is C22H25FN6O2. The maximum absolute atomic E-state index is 14.1. The molecule has 0 unspecified atom stereocenters. The molecule has 0 saturated carbocycles. The Morgan fingerprint density at radius 2 is 1.77 bits per heavy atom. The first-order valence-electron chi connectivity index (χ1n) is 9.94. The number of benzene rings is 2. The fourth-order valence-electron chi connectivity index (χ4n) is 2.87. The highest BCUT2D eigenvalue weighted by atomic mass is 19.1. The van der Waals surface area contributed by atoms with Crippen LogP contribution < -0.4 is 10.6 Å². The van der Waals surface area contributed by atoms with Gasteiger partial charge >= 0.3 is 0 Å². The van der Waals surface area contributed by atoms with Crippen LogP contribution in [0, 0.1) is 5.82 Å². The summed E-state index contributed by atoms with van der Waals surface area (Å²) in [6.07, 6.45) is 0.478. The normalized spacial score (nSPS) is 10.9. The summed E-state index contributed by atoms with van der Waals surface area (Å²) < 4.78 is 15.5. The van der Waals surface area contributed by atoms with Gasteiger partial charge in [0.05, 0.1) is 0 Å². The molecule has 0 radical (unpaired) electrons. The van der Waals surface area contributed by atoms with Crippen molar-refractivity contribution in [1.82, 2.24) is 25.0 Å². The van der Waals surface area contributed by atoms with Gasteiger partial charge in [0.15, 0.2) is 0 Å². The minimum atomic E-state index is -0.520. The van der Waals surface area contributed by atoms with Crippen molar-refractivity contribution in [2.24, 2.45) is 0 Å². The molecule has 9 heteroatoms. The SMILES string of the molecule is CCc1nc(C(=O)Nc2ccc(C(=O)NCCN(C)C)cc2)nn1-c1ccccc1F. The number of halogens is 1. The summed E-state index contributed by atoms with van der Waals surface area (Å²) in [5, 5.41) is 9.72. The second-order valence-electron chi connectivity index (χ2n) is 7.16. The minimum Gasteiger partial charge on any atom is -0.351 e. The van der Waals surface area contributed by atoms with E-state index >= 15 is 0 Å². The molecule has 31 heavy (non-hydrogen) atoms. The number of anilines is 1. The van der Waals surface area contributed by atoms with Gasteiger partial charge in [-0.2, -0.15) is 0 Å². The summed E-state index contributed by atoms with van der Waals surface area (Å²) >= 11 is 0. The quantitative estimate of drug-likeness (QED) is 0.580. The predicted molar refractivity (Wildman–Crippen MR) is 116 cm³/mol. The van der Waals surface area contributed by atoms with Crippen molar-refractivity contribution >= 4 is 17.5 Å². The summed E-state index contributed by atoms with van der Waals surface area (Å²) in [7, 11) is 3.86. The van der Waals surface area contributed by atoms with Crippen LogP contribution in [0.3, 0.4) is 0 Å². The van der Waals surface area contributed by atoms with E-state index in [1.165, 1.54) is 10.7 Å². The first-order valence-corrected chi connectivity index (χ1v) is 9.94. The lowest BCUT2D eigenvalue weighted by Crippen LogP contribution is -2.31. The molecule has 1 heterocycles. The highest BCUT2D eigenvalue weighted by molar-refractivity contribution is 6.02. The largest absolute Gasteiger partial charge is 0.351 e. The lowest BCUT2D eigenvalue weighted by atomic mass is 10.2. The smallest absolute Gasteiger partial charge is 0.295 e. The molecular weight excluding hydrogens is 399 g/mol. The fraction of sp³-hybridized carbons (Fsp3) is 0.273. The maximum Gasteiger partial charge on any atom is 0.295 e. The highest BCUT2D eigenvalue weighted by Crippen LogP contribution is 2.16. The number of carbonyl (C=O) groups is 2. The van der Waals surface area contributed by atoms with Gasteiger partial charge in [0.2, 0.25) is 5.82 Å². The molecule has 3 aromatic rings. The van der Waals surface area contributed by atoms with E-state index in [2.05, 4.69) is 20.7 Å². The molecule has 3 rings (SSSR count). The predicted octanol–water partition coefficient (Wildman–Crippen LogP) is 2.51. The minimum absolute atomic E-state index is 0.0643. The topological polar surface area (TPSA) is 92.2 Å². The number of likely N-dealkylation sites (N-methyl/N-ethyl adjacent to an activating group) is 1. The average molecular weight is 424 g/mol. The third-order valence-electron chi connectivity index (χ3n) is 4.52. The zero-order valence-corrected chi connectivity index (χ0v) is 17.7. The van der Waals surface area contributed by atoms with Gasteiger partial charge in [0.25, 0.3) is 11.8 Å². The number of aryl methyl sites for hydroxylation is 1. The van der Waals surface area contributed by atoms with E-state index in [4.69, 9.17) is 0 Å². The molecule has 2 amide bonds. The van der Waals surface area contributed by atoms with Crippen molar-refractivity contribution in [3.8, 4) is 5.69 Å². The van der Waals surface area contributed by atoms with Crippen molar-refractivity contribution < 1.29 is 14.0 Å². The van der Waals surface area contributed by atoms with Crippen LogP contribution in [0.2, 0.25) is 0 Å².